The number of aryl methyl sites for hydroxylation is 2. The standard InChI is InChI=1S/C20H27N5O2S/c1-3-25-13-17(15(2)22-25)11-21-20(28)24-8-6-23(7-9-24)12-16-4-5-18-19(10-16)27-14-26-18/h4-5,10,13H,3,6-9,11-12,14H2,1-2H3,(H,21,28). The quantitative estimate of drug-likeness (QED) is 0.771. The molecule has 2 aliphatic rings. The summed E-state index contributed by atoms with van der Waals surface area (Å²) in [5.74, 6) is 1.69. The van der Waals surface area contributed by atoms with Gasteiger partial charge in [-0.1, -0.05) is 6.07 Å². The predicted molar refractivity (Wildman–Crippen MR) is 111 cm³/mol. The van der Waals surface area contributed by atoms with Crippen LogP contribution in [0.4, 0.5) is 0 Å². The molecule has 0 bridgehead atoms. The number of hydrogen-bond acceptors (Lipinski definition) is 5. The van der Waals surface area contributed by atoms with E-state index in [4.69, 9.17) is 21.7 Å². The maximum absolute atomic E-state index is 5.61. The van der Waals surface area contributed by atoms with Crippen molar-refractivity contribution in [1.29, 1.82) is 0 Å². The zero-order valence-electron chi connectivity index (χ0n) is 16.5. The normalized spacial score (nSPS) is 16.4. The predicted octanol–water partition coefficient (Wildman–Crippen LogP) is 2.13. The Morgan fingerprint density at radius 1 is 1.18 bits per heavy atom. The van der Waals surface area contributed by atoms with E-state index in [1.54, 1.807) is 0 Å². The van der Waals surface area contributed by atoms with Gasteiger partial charge >= 0.3 is 0 Å². The van der Waals surface area contributed by atoms with E-state index in [1.165, 1.54) is 11.1 Å². The largest absolute Gasteiger partial charge is 0.454 e. The second kappa shape index (κ2) is 8.36. The summed E-state index contributed by atoms with van der Waals surface area (Å²) in [5.41, 5.74) is 3.51. The molecule has 1 N–H and O–H groups in total. The van der Waals surface area contributed by atoms with Gasteiger partial charge in [0.1, 0.15) is 0 Å². The zero-order valence-corrected chi connectivity index (χ0v) is 17.3. The van der Waals surface area contributed by atoms with Gasteiger partial charge in [0.2, 0.25) is 6.79 Å². The van der Waals surface area contributed by atoms with Crippen molar-refractivity contribution in [2.45, 2.75) is 33.5 Å². The third kappa shape index (κ3) is 4.23. The number of fused-ring (bicyclic) bond motifs is 1. The van der Waals surface area contributed by atoms with Crippen LogP contribution in [0, 0.1) is 6.92 Å². The molecule has 3 heterocycles. The number of nitrogens with one attached hydrogen (secondary N) is 1. The van der Waals surface area contributed by atoms with Crippen LogP contribution in [0.15, 0.2) is 24.4 Å². The van der Waals surface area contributed by atoms with Crippen LogP contribution in [-0.4, -0.2) is 57.7 Å². The Bertz CT molecular complexity index is 845. The minimum Gasteiger partial charge on any atom is -0.454 e. The molecule has 2 aromatic rings. The first kappa shape index (κ1) is 19.0. The Morgan fingerprint density at radius 3 is 2.71 bits per heavy atom. The molecule has 1 saturated heterocycles. The highest BCUT2D eigenvalue weighted by Crippen LogP contribution is 2.32. The molecule has 0 amide bonds. The number of piperazine rings is 1. The van der Waals surface area contributed by atoms with Crippen molar-refractivity contribution in [2.75, 3.05) is 33.0 Å². The van der Waals surface area contributed by atoms with E-state index in [-0.39, 0.29) is 0 Å². The summed E-state index contributed by atoms with van der Waals surface area (Å²) in [5, 5.41) is 8.71. The van der Waals surface area contributed by atoms with Crippen LogP contribution in [0.25, 0.3) is 0 Å². The minimum atomic E-state index is 0.320. The molecule has 0 saturated carbocycles. The van der Waals surface area contributed by atoms with E-state index in [2.05, 4.69) is 45.5 Å². The number of rotatable bonds is 5. The fourth-order valence-electron chi connectivity index (χ4n) is 3.58. The molecule has 0 spiro atoms. The lowest BCUT2D eigenvalue weighted by Crippen LogP contribution is -2.51. The van der Waals surface area contributed by atoms with Gasteiger partial charge in [0.25, 0.3) is 0 Å². The Hall–Kier alpha value is -2.32. The molecular weight excluding hydrogens is 374 g/mol. The number of nitrogens with zero attached hydrogens (tertiary/aromatic N) is 4. The van der Waals surface area contributed by atoms with Gasteiger partial charge in [-0.05, 0) is 43.8 Å². The van der Waals surface area contributed by atoms with Gasteiger partial charge in [-0.3, -0.25) is 9.58 Å². The summed E-state index contributed by atoms with van der Waals surface area (Å²) >= 11 is 5.61. The lowest BCUT2D eigenvalue weighted by molar-refractivity contribution is 0.172. The Kier molecular flexibility index (Phi) is 5.68. The van der Waals surface area contributed by atoms with Gasteiger partial charge in [-0.2, -0.15) is 5.10 Å². The van der Waals surface area contributed by atoms with Gasteiger partial charge in [-0.15, -0.1) is 0 Å². The molecule has 1 aromatic carbocycles. The fraction of sp³-hybridized carbons (Fsp3) is 0.500. The maximum Gasteiger partial charge on any atom is 0.231 e. The molecule has 8 heteroatoms. The molecule has 1 aromatic heterocycles. The number of thiocarbonyl (C=S) groups is 1. The lowest BCUT2D eigenvalue weighted by atomic mass is 10.1. The van der Waals surface area contributed by atoms with E-state index in [9.17, 15) is 0 Å². The van der Waals surface area contributed by atoms with Gasteiger partial charge in [-0.25, -0.2) is 0 Å². The summed E-state index contributed by atoms with van der Waals surface area (Å²) in [6, 6.07) is 6.19. The summed E-state index contributed by atoms with van der Waals surface area (Å²) in [7, 11) is 0. The fourth-order valence-corrected chi connectivity index (χ4v) is 3.84. The smallest absolute Gasteiger partial charge is 0.231 e. The summed E-state index contributed by atoms with van der Waals surface area (Å²) in [6.07, 6.45) is 2.09. The second-order valence-corrected chi connectivity index (χ2v) is 7.59. The van der Waals surface area contributed by atoms with Crippen LogP contribution in [0.2, 0.25) is 0 Å². The van der Waals surface area contributed by atoms with Crippen molar-refractivity contribution in [3.8, 4) is 11.5 Å². The maximum atomic E-state index is 5.61. The molecule has 0 radical (unpaired) electrons. The molecule has 0 atom stereocenters. The van der Waals surface area contributed by atoms with Crippen molar-refractivity contribution in [2.24, 2.45) is 0 Å². The van der Waals surface area contributed by atoms with Crippen molar-refractivity contribution < 1.29 is 9.47 Å². The summed E-state index contributed by atoms with van der Waals surface area (Å²) in [4.78, 5) is 4.71. The summed E-state index contributed by atoms with van der Waals surface area (Å²) < 4.78 is 12.8. The van der Waals surface area contributed by atoms with Crippen LogP contribution in [0.5, 0.6) is 11.5 Å². The van der Waals surface area contributed by atoms with Crippen molar-refractivity contribution >= 4 is 17.3 Å². The molecule has 0 aliphatic carbocycles. The van der Waals surface area contributed by atoms with Gasteiger partial charge in [0, 0.05) is 57.6 Å². The van der Waals surface area contributed by atoms with Crippen molar-refractivity contribution in [3.05, 3.63) is 41.2 Å². The number of hydrogen-bond donors (Lipinski definition) is 1. The average Bonchev–Trinajstić information content (AvgIpc) is 3.32. The van der Waals surface area contributed by atoms with E-state index in [0.29, 0.717) is 6.79 Å². The Morgan fingerprint density at radius 2 is 1.96 bits per heavy atom. The second-order valence-electron chi connectivity index (χ2n) is 7.20. The Labute approximate surface area is 171 Å². The zero-order chi connectivity index (χ0) is 19.5. The molecule has 2 aliphatic heterocycles. The molecule has 150 valence electrons. The highest BCUT2D eigenvalue weighted by atomic mass is 32.1. The SMILES string of the molecule is CCn1cc(CNC(=S)N2CCN(Cc3ccc4c(c3)OCO4)CC2)c(C)n1. The molecule has 1 fully saturated rings. The third-order valence-corrected chi connectivity index (χ3v) is 5.71. The number of ether oxygens (including phenoxy) is 2. The first-order valence-corrected chi connectivity index (χ1v) is 10.2. The number of benzene rings is 1. The highest BCUT2D eigenvalue weighted by Gasteiger charge is 2.20. The molecule has 28 heavy (non-hydrogen) atoms. The van der Waals surface area contributed by atoms with Crippen molar-refractivity contribution in [1.82, 2.24) is 24.9 Å². The van der Waals surface area contributed by atoms with Gasteiger partial charge in [0.15, 0.2) is 16.6 Å². The minimum absolute atomic E-state index is 0.320. The molecule has 7 nitrogen and oxygen atoms in total. The van der Waals surface area contributed by atoms with E-state index < -0.39 is 0 Å². The van der Waals surface area contributed by atoms with Crippen LogP contribution in [-0.2, 0) is 19.6 Å². The molecule has 4 rings (SSSR count). The average molecular weight is 402 g/mol. The Balaban J connectivity index is 1.24. The van der Waals surface area contributed by atoms with E-state index in [1.807, 2.05) is 17.7 Å². The topological polar surface area (TPSA) is 54.8 Å². The van der Waals surface area contributed by atoms with E-state index in [0.717, 1.165) is 68.1 Å². The number of aromatic nitrogens is 2. The first-order valence-electron chi connectivity index (χ1n) is 9.79. The molecule has 0 unspecified atom stereocenters. The lowest BCUT2D eigenvalue weighted by Gasteiger charge is -2.36. The van der Waals surface area contributed by atoms with Gasteiger partial charge in [0.05, 0.1) is 5.69 Å². The highest BCUT2D eigenvalue weighted by molar-refractivity contribution is 7.80. The molecular formula is C20H27N5O2S. The van der Waals surface area contributed by atoms with Crippen LogP contribution in [0.1, 0.15) is 23.7 Å². The monoisotopic (exact) mass is 401 g/mol. The van der Waals surface area contributed by atoms with Crippen LogP contribution >= 0.6 is 12.2 Å². The van der Waals surface area contributed by atoms with Crippen LogP contribution < -0.4 is 14.8 Å². The summed E-state index contributed by atoms with van der Waals surface area (Å²) in [6.45, 7) is 10.8. The van der Waals surface area contributed by atoms with E-state index >= 15 is 0 Å². The third-order valence-electron chi connectivity index (χ3n) is 5.30. The first-order chi connectivity index (χ1) is 13.6. The van der Waals surface area contributed by atoms with Gasteiger partial charge < -0.3 is 19.7 Å². The van der Waals surface area contributed by atoms with Crippen LogP contribution in [0.3, 0.4) is 0 Å². The van der Waals surface area contributed by atoms with Crippen molar-refractivity contribution in [3.63, 3.8) is 0 Å².